The van der Waals surface area contributed by atoms with Crippen molar-refractivity contribution < 1.29 is 4.74 Å². The SMILES string of the molecule is Cc1nc2ccc(Cl)cn2c1CN1CCOCC(CN(C)C)C1. The van der Waals surface area contributed by atoms with E-state index in [1.165, 1.54) is 5.69 Å². The maximum Gasteiger partial charge on any atom is 0.137 e. The number of fused-ring (bicyclic) bond motifs is 1. The largest absolute Gasteiger partial charge is 0.380 e. The Labute approximate surface area is 142 Å². The van der Waals surface area contributed by atoms with Crippen LogP contribution in [0.2, 0.25) is 5.02 Å². The van der Waals surface area contributed by atoms with Gasteiger partial charge in [-0.25, -0.2) is 4.98 Å². The van der Waals surface area contributed by atoms with Crippen molar-refractivity contribution in [1.82, 2.24) is 19.2 Å². The average molecular weight is 337 g/mol. The lowest BCUT2D eigenvalue weighted by atomic mass is 10.1. The summed E-state index contributed by atoms with van der Waals surface area (Å²) in [6.07, 6.45) is 1.96. The molecule has 6 heteroatoms. The molecular weight excluding hydrogens is 312 g/mol. The minimum absolute atomic E-state index is 0.538. The first kappa shape index (κ1) is 16.7. The molecule has 1 fully saturated rings. The van der Waals surface area contributed by atoms with Gasteiger partial charge in [-0.05, 0) is 33.2 Å². The van der Waals surface area contributed by atoms with E-state index in [0.29, 0.717) is 5.92 Å². The molecule has 3 rings (SSSR count). The van der Waals surface area contributed by atoms with E-state index >= 15 is 0 Å². The molecule has 0 amide bonds. The summed E-state index contributed by atoms with van der Waals surface area (Å²) in [6, 6.07) is 3.86. The molecule has 1 aliphatic rings. The Hall–Kier alpha value is -1.14. The Bertz CT molecular complexity index is 670. The fourth-order valence-electron chi connectivity index (χ4n) is 3.31. The molecule has 0 radical (unpaired) electrons. The van der Waals surface area contributed by atoms with Crippen LogP contribution in [-0.2, 0) is 11.3 Å². The van der Waals surface area contributed by atoms with Crippen LogP contribution in [0.1, 0.15) is 11.4 Å². The molecule has 2 aromatic rings. The van der Waals surface area contributed by atoms with Crippen LogP contribution in [0.15, 0.2) is 18.3 Å². The lowest BCUT2D eigenvalue weighted by Gasteiger charge is -2.25. The van der Waals surface area contributed by atoms with Crippen LogP contribution in [0.5, 0.6) is 0 Å². The van der Waals surface area contributed by atoms with Gasteiger partial charge < -0.3 is 14.0 Å². The number of imidazole rings is 1. The summed E-state index contributed by atoms with van der Waals surface area (Å²) >= 11 is 6.16. The molecule has 0 aliphatic carbocycles. The summed E-state index contributed by atoms with van der Waals surface area (Å²) in [6.45, 7) is 7.63. The molecule has 1 unspecified atom stereocenters. The van der Waals surface area contributed by atoms with E-state index in [1.54, 1.807) is 0 Å². The number of nitrogens with zero attached hydrogens (tertiary/aromatic N) is 4. The van der Waals surface area contributed by atoms with Crippen molar-refractivity contribution in [2.24, 2.45) is 5.92 Å². The van der Waals surface area contributed by atoms with Gasteiger partial charge in [-0.2, -0.15) is 0 Å². The second-order valence-corrected chi connectivity index (χ2v) is 7.09. The van der Waals surface area contributed by atoms with Crippen LogP contribution in [0, 0.1) is 12.8 Å². The van der Waals surface area contributed by atoms with Crippen molar-refractivity contribution in [3.05, 3.63) is 34.7 Å². The zero-order valence-corrected chi connectivity index (χ0v) is 14.9. The predicted molar refractivity (Wildman–Crippen MR) is 93.1 cm³/mol. The molecule has 0 bridgehead atoms. The topological polar surface area (TPSA) is 33.0 Å². The monoisotopic (exact) mass is 336 g/mol. The molecular formula is C17H25ClN4O. The molecule has 0 N–H and O–H groups in total. The quantitative estimate of drug-likeness (QED) is 0.858. The molecule has 1 saturated heterocycles. The smallest absolute Gasteiger partial charge is 0.137 e. The van der Waals surface area contributed by atoms with Gasteiger partial charge in [-0.3, -0.25) is 4.90 Å². The number of rotatable bonds is 4. The van der Waals surface area contributed by atoms with Crippen molar-refractivity contribution in [3.8, 4) is 0 Å². The van der Waals surface area contributed by atoms with E-state index in [9.17, 15) is 0 Å². The summed E-state index contributed by atoms with van der Waals surface area (Å²) in [5, 5.41) is 0.737. The summed E-state index contributed by atoms with van der Waals surface area (Å²) in [7, 11) is 4.23. The van der Waals surface area contributed by atoms with Gasteiger partial charge in [0.1, 0.15) is 5.65 Å². The molecule has 0 aromatic carbocycles. The van der Waals surface area contributed by atoms with Crippen LogP contribution in [0.4, 0.5) is 0 Å². The van der Waals surface area contributed by atoms with Gasteiger partial charge in [-0.15, -0.1) is 0 Å². The first-order chi connectivity index (χ1) is 11.0. The van der Waals surface area contributed by atoms with E-state index in [4.69, 9.17) is 16.3 Å². The standard InChI is InChI=1S/C17H25ClN4O/c1-13-16(22-10-15(18)4-5-17(22)19-13)11-21-6-7-23-12-14(9-21)8-20(2)3/h4-5,10,14H,6-9,11-12H2,1-3H3. The minimum atomic E-state index is 0.538. The van der Waals surface area contributed by atoms with E-state index in [-0.39, 0.29) is 0 Å². The molecule has 2 aromatic heterocycles. The van der Waals surface area contributed by atoms with Gasteiger partial charge in [0.15, 0.2) is 0 Å². The molecule has 3 heterocycles. The Morgan fingerprint density at radius 2 is 2.22 bits per heavy atom. The molecule has 1 atom stereocenters. The van der Waals surface area contributed by atoms with Gasteiger partial charge in [0, 0.05) is 38.3 Å². The summed E-state index contributed by atoms with van der Waals surface area (Å²) in [4.78, 5) is 9.35. The van der Waals surface area contributed by atoms with Crippen molar-refractivity contribution in [2.75, 3.05) is 46.9 Å². The molecule has 23 heavy (non-hydrogen) atoms. The fourth-order valence-corrected chi connectivity index (χ4v) is 3.47. The Morgan fingerprint density at radius 1 is 1.39 bits per heavy atom. The number of halogens is 1. The highest BCUT2D eigenvalue weighted by atomic mass is 35.5. The number of aryl methyl sites for hydroxylation is 1. The number of hydrogen-bond donors (Lipinski definition) is 0. The van der Waals surface area contributed by atoms with Crippen molar-refractivity contribution in [1.29, 1.82) is 0 Å². The molecule has 126 valence electrons. The highest BCUT2D eigenvalue weighted by molar-refractivity contribution is 6.30. The van der Waals surface area contributed by atoms with Crippen molar-refractivity contribution in [2.45, 2.75) is 13.5 Å². The van der Waals surface area contributed by atoms with Crippen LogP contribution in [0.25, 0.3) is 5.65 Å². The van der Waals surface area contributed by atoms with Gasteiger partial charge in [0.25, 0.3) is 0 Å². The Kier molecular flexibility index (Phi) is 5.21. The van der Waals surface area contributed by atoms with Crippen LogP contribution in [0.3, 0.4) is 0 Å². The number of hydrogen-bond acceptors (Lipinski definition) is 4. The maximum atomic E-state index is 6.16. The van der Waals surface area contributed by atoms with E-state index < -0.39 is 0 Å². The van der Waals surface area contributed by atoms with Gasteiger partial charge in [-0.1, -0.05) is 11.6 Å². The van der Waals surface area contributed by atoms with Crippen molar-refractivity contribution in [3.63, 3.8) is 0 Å². The molecule has 0 spiro atoms. The first-order valence-corrected chi connectivity index (χ1v) is 8.48. The maximum absolute atomic E-state index is 6.16. The predicted octanol–water partition coefficient (Wildman–Crippen LogP) is 2.31. The molecule has 0 saturated carbocycles. The highest BCUT2D eigenvalue weighted by Crippen LogP contribution is 2.19. The fraction of sp³-hybridized carbons (Fsp3) is 0.588. The molecule has 5 nitrogen and oxygen atoms in total. The minimum Gasteiger partial charge on any atom is -0.380 e. The average Bonchev–Trinajstić information content (AvgIpc) is 2.66. The third-order valence-electron chi connectivity index (χ3n) is 4.30. The van der Waals surface area contributed by atoms with E-state index in [0.717, 1.165) is 55.8 Å². The summed E-state index contributed by atoms with van der Waals surface area (Å²) < 4.78 is 7.90. The second kappa shape index (κ2) is 7.18. The molecule has 1 aliphatic heterocycles. The Morgan fingerprint density at radius 3 is 3.00 bits per heavy atom. The summed E-state index contributed by atoms with van der Waals surface area (Å²) in [5.74, 6) is 0.538. The van der Waals surface area contributed by atoms with E-state index in [2.05, 4.69) is 40.2 Å². The Balaban J connectivity index is 1.80. The van der Waals surface area contributed by atoms with Crippen LogP contribution >= 0.6 is 11.6 Å². The zero-order chi connectivity index (χ0) is 16.4. The third kappa shape index (κ3) is 4.04. The first-order valence-electron chi connectivity index (χ1n) is 8.11. The normalized spacial score (nSPS) is 20.3. The number of pyridine rings is 1. The number of ether oxygens (including phenoxy) is 1. The third-order valence-corrected chi connectivity index (χ3v) is 4.52. The lowest BCUT2D eigenvalue weighted by Crippen LogP contribution is -2.34. The van der Waals surface area contributed by atoms with Gasteiger partial charge in [0.05, 0.1) is 29.6 Å². The summed E-state index contributed by atoms with van der Waals surface area (Å²) in [5.41, 5.74) is 3.24. The van der Waals surface area contributed by atoms with Gasteiger partial charge >= 0.3 is 0 Å². The van der Waals surface area contributed by atoms with Crippen LogP contribution < -0.4 is 0 Å². The highest BCUT2D eigenvalue weighted by Gasteiger charge is 2.21. The van der Waals surface area contributed by atoms with Gasteiger partial charge in [0.2, 0.25) is 0 Å². The second-order valence-electron chi connectivity index (χ2n) is 6.66. The number of aromatic nitrogens is 2. The van der Waals surface area contributed by atoms with E-state index in [1.807, 2.05) is 18.3 Å². The lowest BCUT2D eigenvalue weighted by molar-refractivity contribution is 0.112. The zero-order valence-electron chi connectivity index (χ0n) is 14.1. The van der Waals surface area contributed by atoms with Crippen molar-refractivity contribution >= 4 is 17.2 Å². The van der Waals surface area contributed by atoms with Crippen LogP contribution in [-0.4, -0.2) is 66.1 Å².